The Morgan fingerprint density at radius 1 is 1.16 bits per heavy atom. The van der Waals surface area contributed by atoms with Gasteiger partial charge in [0.15, 0.2) is 0 Å². The molecule has 1 aliphatic heterocycles. The Kier molecular flexibility index (Phi) is 2.68. The second kappa shape index (κ2) is 4.24. The van der Waals surface area contributed by atoms with Gasteiger partial charge < -0.3 is 14.6 Å². The van der Waals surface area contributed by atoms with Gasteiger partial charge >= 0.3 is 5.97 Å². The molecule has 1 heterocycles. The van der Waals surface area contributed by atoms with Crippen molar-refractivity contribution < 1.29 is 19.4 Å². The third-order valence-electron chi connectivity index (χ3n) is 3.34. The minimum absolute atomic E-state index is 0.205. The lowest BCUT2D eigenvalue weighted by Gasteiger charge is -2.33. The number of phenolic OH excluding ortho intramolecular Hbond substituents is 1. The van der Waals surface area contributed by atoms with Gasteiger partial charge in [-0.2, -0.15) is 0 Å². The van der Waals surface area contributed by atoms with E-state index in [1.54, 1.807) is 19.1 Å². The normalized spacial score (nSPS) is 23.3. The van der Waals surface area contributed by atoms with Crippen LogP contribution in [0, 0.1) is 0 Å². The van der Waals surface area contributed by atoms with Crippen LogP contribution in [-0.2, 0) is 20.1 Å². The molecule has 4 nitrogen and oxygen atoms in total. The lowest BCUT2D eigenvalue weighted by molar-refractivity contribution is -0.251. The number of phenols is 1. The highest BCUT2D eigenvalue weighted by Gasteiger charge is 2.35. The van der Waals surface area contributed by atoms with Gasteiger partial charge in [0.1, 0.15) is 5.75 Å². The molecule has 0 saturated carbocycles. The van der Waals surface area contributed by atoms with Crippen LogP contribution in [0.2, 0.25) is 0 Å². The lowest BCUT2D eigenvalue weighted by Crippen LogP contribution is -2.37. The molecule has 4 heteroatoms. The Morgan fingerprint density at radius 3 is 2.74 bits per heavy atom. The molecule has 0 bridgehead atoms. The van der Waals surface area contributed by atoms with Gasteiger partial charge in [0, 0.05) is 12.5 Å². The zero-order chi connectivity index (χ0) is 13.5. The Hall–Kier alpha value is -2.07. The number of ether oxygens (including phenoxy) is 2. The molecule has 0 aliphatic carbocycles. The fourth-order valence-electron chi connectivity index (χ4n) is 2.29. The summed E-state index contributed by atoms with van der Waals surface area (Å²) in [5.41, 5.74) is 0.763. The highest BCUT2D eigenvalue weighted by atomic mass is 16.7. The number of rotatable bonds is 1. The number of fused-ring (bicyclic) bond motifs is 1. The number of carbonyl (C=O) groups is 1. The molecule has 1 saturated heterocycles. The van der Waals surface area contributed by atoms with Gasteiger partial charge in [-0.05, 0) is 29.0 Å². The van der Waals surface area contributed by atoms with Gasteiger partial charge in [-0.25, -0.2) is 0 Å². The summed E-state index contributed by atoms with van der Waals surface area (Å²) < 4.78 is 10.9. The van der Waals surface area contributed by atoms with Gasteiger partial charge in [0.05, 0.1) is 13.0 Å². The van der Waals surface area contributed by atoms with Crippen LogP contribution in [0.4, 0.5) is 0 Å². The number of carbonyl (C=O) groups excluding carboxylic acids is 1. The number of esters is 1. The van der Waals surface area contributed by atoms with E-state index in [0.29, 0.717) is 6.61 Å². The predicted octanol–water partition coefficient (Wildman–Crippen LogP) is 2.68. The molecule has 98 valence electrons. The fourth-order valence-corrected chi connectivity index (χ4v) is 2.29. The first-order chi connectivity index (χ1) is 9.07. The third kappa shape index (κ3) is 2.15. The maximum absolute atomic E-state index is 11.4. The first kappa shape index (κ1) is 12.0. The quantitative estimate of drug-likeness (QED) is 0.799. The summed E-state index contributed by atoms with van der Waals surface area (Å²) in [4.78, 5) is 11.4. The highest BCUT2D eigenvalue weighted by molar-refractivity contribution is 5.84. The maximum atomic E-state index is 11.4. The fraction of sp³-hybridized carbons (Fsp3) is 0.267. The van der Waals surface area contributed by atoms with Crippen LogP contribution in [0.15, 0.2) is 36.4 Å². The van der Waals surface area contributed by atoms with Gasteiger partial charge in [-0.3, -0.25) is 4.79 Å². The summed E-state index contributed by atoms with van der Waals surface area (Å²) in [6, 6.07) is 10.8. The first-order valence-electron chi connectivity index (χ1n) is 6.16. The Bertz CT molecular complexity index is 650. The SMILES string of the molecule is CC1(c2ccc3ccc(O)cc3c2)OCCC(=O)O1. The zero-order valence-corrected chi connectivity index (χ0v) is 10.6. The van der Waals surface area contributed by atoms with Gasteiger partial charge in [-0.1, -0.05) is 18.2 Å². The topological polar surface area (TPSA) is 55.8 Å². The molecule has 3 rings (SSSR count). The Balaban J connectivity index is 2.07. The van der Waals surface area contributed by atoms with Crippen LogP contribution in [0.5, 0.6) is 5.75 Å². The number of hydrogen-bond acceptors (Lipinski definition) is 4. The van der Waals surface area contributed by atoms with E-state index in [0.717, 1.165) is 16.3 Å². The van der Waals surface area contributed by atoms with E-state index >= 15 is 0 Å². The van der Waals surface area contributed by atoms with E-state index in [1.807, 2.05) is 24.3 Å². The summed E-state index contributed by atoms with van der Waals surface area (Å²) in [5.74, 6) is -1.10. The van der Waals surface area contributed by atoms with Crippen molar-refractivity contribution in [3.05, 3.63) is 42.0 Å². The lowest BCUT2D eigenvalue weighted by atomic mass is 10.0. The molecule has 0 spiro atoms. The molecule has 19 heavy (non-hydrogen) atoms. The van der Waals surface area contributed by atoms with E-state index in [1.165, 1.54) is 0 Å². The number of benzene rings is 2. The largest absolute Gasteiger partial charge is 0.508 e. The minimum Gasteiger partial charge on any atom is -0.508 e. The summed E-state index contributed by atoms with van der Waals surface area (Å²) in [7, 11) is 0. The molecule has 0 amide bonds. The summed E-state index contributed by atoms with van der Waals surface area (Å²) in [5, 5.41) is 11.4. The molecule has 1 N–H and O–H groups in total. The van der Waals surface area contributed by atoms with Crippen molar-refractivity contribution in [2.75, 3.05) is 6.61 Å². The minimum atomic E-state index is -1.05. The van der Waals surface area contributed by atoms with Crippen LogP contribution >= 0.6 is 0 Å². The number of cyclic esters (lactones) is 1. The molecule has 1 fully saturated rings. The van der Waals surface area contributed by atoms with Crippen LogP contribution in [0.25, 0.3) is 10.8 Å². The molecule has 1 atom stereocenters. The molecule has 0 radical (unpaired) electrons. The van der Waals surface area contributed by atoms with E-state index in [4.69, 9.17) is 9.47 Å². The van der Waals surface area contributed by atoms with Crippen LogP contribution in [-0.4, -0.2) is 17.7 Å². The highest BCUT2D eigenvalue weighted by Crippen LogP contribution is 2.33. The zero-order valence-electron chi connectivity index (χ0n) is 10.6. The molecular formula is C15H14O4. The average molecular weight is 258 g/mol. The van der Waals surface area contributed by atoms with Crippen LogP contribution in [0.3, 0.4) is 0 Å². The Labute approximate surface area is 110 Å². The van der Waals surface area contributed by atoms with E-state index < -0.39 is 5.79 Å². The van der Waals surface area contributed by atoms with Crippen molar-refractivity contribution in [3.63, 3.8) is 0 Å². The van der Waals surface area contributed by atoms with Gasteiger partial charge in [0.2, 0.25) is 5.79 Å². The summed E-state index contributed by atoms with van der Waals surface area (Å²) in [6.45, 7) is 2.08. The monoisotopic (exact) mass is 258 g/mol. The molecule has 2 aromatic rings. The van der Waals surface area contributed by atoms with E-state index in [9.17, 15) is 9.90 Å². The second-order valence-electron chi connectivity index (χ2n) is 4.76. The van der Waals surface area contributed by atoms with Crippen molar-refractivity contribution in [3.8, 4) is 5.75 Å². The number of hydrogen-bond donors (Lipinski definition) is 1. The Morgan fingerprint density at radius 2 is 1.95 bits per heavy atom. The van der Waals surface area contributed by atoms with Gasteiger partial charge in [0.25, 0.3) is 0 Å². The van der Waals surface area contributed by atoms with Crippen LogP contribution in [0.1, 0.15) is 18.9 Å². The predicted molar refractivity (Wildman–Crippen MR) is 69.6 cm³/mol. The van der Waals surface area contributed by atoms with Crippen LogP contribution < -0.4 is 0 Å². The number of aromatic hydroxyl groups is 1. The van der Waals surface area contributed by atoms with Crippen molar-refractivity contribution in [2.24, 2.45) is 0 Å². The first-order valence-corrected chi connectivity index (χ1v) is 6.16. The smallest absolute Gasteiger partial charge is 0.310 e. The maximum Gasteiger partial charge on any atom is 0.310 e. The molecule has 0 aromatic heterocycles. The third-order valence-corrected chi connectivity index (χ3v) is 3.34. The molecular weight excluding hydrogens is 244 g/mol. The van der Waals surface area contributed by atoms with Gasteiger partial charge in [-0.15, -0.1) is 0 Å². The molecule has 1 aliphatic rings. The second-order valence-corrected chi connectivity index (χ2v) is 4.76. The molecule has 2 aromatic carbocycles. The van der Waals surface area contributed by atoms with Crippen molar-refractivity contribution in [1.29, 1.82) is 0 Å². The van der Waals surface area contributed by atoms with Crippen molar-refractivity contribution >= 4 is 16.7 Å². The van der Waals surface area contributed by atoms with Crippen molar-refractivity contribution in [2.45, 2.75) is 19.1 Å². The average Bonchev–Trinajstić information content (AvgIpc) is 2.37. The molecule has 1 unspecified atom stereocenters. The summed E-state index contributed by atoms with van der Waals surface area (Å²) >= 11 is 0. The summed E-state index contributed by atoms with van der Waals surface area (Å²) in [6.07, 6.45) is 0.282. The standard InChI is InChI=1S/C15H14O4/c1-15(18-7-6-14(17)19-15)12-4-2-10-3-5-13(16)9-11(10)8-12/h2-5,8-9,16H,6-7H2,1H3. The van der Waals surface area contributed by atoms with Crippen molar-refractivity contribution in [1.82, 2.24) is 0 Å². The van der Waals surface area contributed by atoms with E-state index in [2.05, 4.69) is 0 Å². The van der Waals surface area contributed by atoms with E-state index in [-0.39, 0.29) is 18.1 Å².